The van der Waals surface area contributed by atoms with Gasteiger partial charge in [0, 0.05) is 12.7 Å². The van der Waals surface area contributed by atoms with Crippen LogP contribution in [0.2, 0.25) is 0 Å². The average molecular weight is 420 g/mol. The Labute approximate surface area is 176 Å². The van der Waals surface area contributed by atoms with Crippen LogP contribution in [0.3, 0.4) is 0 Å². The topological polar surface area (TPSA) is 90.7 Å². The highest BCUT2D eigenvalue weighted by atomic mass is 19.1. The van der Waals surface area contributed by atoms with Crippen LogP contribution in [0.4, 0.5) is 4.39 Å². The van der Waals surface area contributed by atoms with Crippen molar-refractivity contribution in [3.05, 3.63) is 81.8 Å². The molecule has 1 aliphatic rings. The van der Waals surface area contributed by atoms with Crippen molar-refractivity contribution >= 4 is 22.5 Å². The van der Waals surface area contributed by atoms with E-state index in [9.17, 15) is 19.1 Å². The van der Waals surface area contributed by atoms with Crippen LogP contribution < -0.4 is 5.56 Å². The minimum Gasteiger partial charge on any atom is -0.477 e. The number of halogens is 1. The molecule has 0 radical (unpaired) electrons. The van der Waals surface area contributed by atoms with Crippen LogP contribution in [0.25, 0.3) is 16.6 Å². The summed E-state index contributed by atoms with van der Waals surface area (Å²) in [6.45, 7) is 1.29. The monoisotopic (exact) mass is 420 g/mol. The van der Waals surface area contributed by atoms with Gasteiger partial charge in [-0.15, -0.1) is 0 Å². The van der Waals surface area contributed by atoms with Gasteiger partial charge in [0.15, 0.2) is 0 Å². The molecular formula is C23H21FN4O3. The number of aromatic carboxylic acids is 1. The van der Waals surface area contributed by atoms with Crippen LogP contribution in [-0.2, 0) is 6.54 Å². The van der Waals surface area contributed by atoms with Gasteiger partial charge in [0.2, 0.25) is 0 Å². The van der Waals surface area contributed by atoms with E-state index in [1.54, 1.807) is 18.3 Å². The number of imidazole rings is 1. The number of carboxylic acids is 1. The molecule has 4 heterocycles. The number of aromatic nitrogens is 3. The number of piperidine rings is 1. The lowest BCUT2D eigenvalue weighted by Gasteiger charge is -2.34. The minimum atomic E-state index is -1.24. The number of hydrogen-bond donors (Lipinski definition) is 2. The maximum absolute atomic E-state index is 13.6. The number of H-pyrrole nitrogens is 1. The number of likely N-dealkylation sites (tertiary alicyclic amines) is 1. The number of fused-ring (bicyclic) bond motifs is 2. The summed E-state index contributed by atoms with van der Waals surface area (Å²) in [6.07, 6.45) is 4.54. The first-order chi connectivity index (χ1) is 15.0. The molecule has 1 atom stereocenters. The molecule has 0 amide bonds. The second-order valence-electron chi connectivity index (χ2n) is 7.92. The van der Waals surface area contributed by atoms with Crippen molar-refractivity contribution in [1.29, 1.82) is 0 Å². The fraction of sp³-hybridized carbons (Fsp3) is 0.261. The summed E-state index contributed by atoms with van der Waals surface area (Å²) in [5, 5.41) is 9.52. The number of carbonyl (C=O) groups is 1. The lowest BCUT2D eigenvalue weighted by molar-refractivity contribution is 0.0694. The van der Waals surface area contributed by atoms with Gasteiger partial charge in [0.05, 0.1) is 22.6 Å². The zero-order valence-corrected chi connectivity index (χ0v) is 16.7. The number of aromatic amines is 1. The van der Waals surface area contributed by atoms with E-state index < -0.39 is 11.5 Å². The Morgan fingerprint density at radius 2 is 2.10 bits per heavy atom. The molecule has 1 unspecified atom stereocenters. The molecule has 5 rings (SSSR count). The van der Waals surface area contributed by atoms with Gasteiger partial charge in [0.25, 0.3) is 5.56 Å². The first kappa shape index (κ1) is 19.4. The third-order valence-electron chi connectivity index (χ3n) is 5.95. The molecular weight excluding hydrogens is 399 g/mol. The summed E-state index contributed by atoms with van der Waals surface area (Å²) >= 11 is 0. The Morgan fingerprint density at radius 1 is 1.23 bits per heavy atom. The summed E-state index contributed by atoms with van der Waals surface area (Å²) in [6, 6.07) is 11.3. The Morgan fingerprint density at radius 3 is 2.94 bits per heavy atom. The molecule has 1 aromatic carbocycles. The molecule has 0 spiro atoms. The quantitative estimate of drug-likeness (QED) is 0.525. The minimum absolute atomic E-state index is 0.00632. The van der Waals surface area contributed by atoms with Crippen LogP contribution in [-0.4, -0.2) is 36.9 Å². The molecule has 158 valence electrons. The summed E-state index contributed by atoms with van der Waals surface area (Å²) < 4.78 is 15.0. The van der Waals surface area contributed by atoms with Gasteiger partial charge in [0.1, 0.15) is 17.2 Å². The smallest absolute Gasteiger partial charge is 0.341 e. The number of hydrogen-bond acceptors (Lipinski definition) is 4. The zero-order valence-electron chi connectivity index (χ0n) is 16.7. The van der Waals surface area contributed by atoms with Crippen LogP contribution in [0.5, 0.6) is 0 Å². The fourth-order valence-electron chi connectivity index (χ4n) is 4.47. The second kappa shape index (κ2) is 7.63. The van der Waals surface area contributed by atoms with Crippen molar-refractivity contribution in [3.63, 3.8) is 0 Å². The number of carboxylic acid groups (broad SMARTS) is 1. The van der Waals surface area contributed by atoms with E-state index in [1.807, 2.05) is 12.1 Å². The molecule has 3 aromatic heterocycles. The van der Waals surface area contributed by atoms with Crippen LogP contribution in [0.15, 0.2) is 53.5 Å². The van der Waals surface area contributed by atoms with E-state index in [-0.39, 0.29) is 17.4 Å². The normalized spacial score (nSPS) is 17.4. The van der Waals surface area contributed by atoms with Gasteiger partial charge in [-0.3, -0.25) is 14.1 Å². The molecule has 1 saturated heterocycles. The van der Waals surface area contributed by atoms with E-state index in [4.69, 9.17) is 0 Å². The van der Waals surface area contributed by atoms with Crippen molar-refractivity contribution < 1.29 is 14.3 Å². The predicted octanol–water partition coefficient (Wildman–Crippen LogP) is 3.74. The fourth-order valence-corrected chi connectivity index (χ4v) is 4.47. The molecule has 7 nitrogen and oxygen atoms in total. The second-order valence-corrected chi connectivity index (χ2v) is 7.92. The summed E-state index contributed by atoms with van der Waals surface area (Å²) in [5.41, 5.74) is 2.05. The summed E-state index contributed by atoms with van der Waals surface area (Å²) in [4.78, 5) is 34.4. The number of benzene rings is 1. The van der Waals surface area contributed by atoms with E-state index in [2.05, 4.69) is 14.9 Å². The standard InChI is InChI=1S/C23H21FN4O3/c24-15-7-8-17-18(12-15)26-21(25-17)20-6-1-3-9-27(20)13-14-11-16(23(30)31)22(29)28-10-4-2-5-19(14)28/h2,4-5,7-8,10-12,20H,1,3,6,9,13H2,(H,25,26)(H,30,31). The summed E-state index contributed by atoms with van der Waals surface area (Å²) in [5.74, 6) is -0.777. The first-order valence-electron chi connectivity index (χ1n) is 10.3. The third kappa shape index (κ3) is 3.48. The van der Waals surface area contributed by atoms with Crippen molar-refractivity contribution in [2.45, 2.75) is 31.8 Å². The molecule has 1 aliphatic heterocycles. The Hall–Kier alpha value is -3.52. The molecule has 2 N–H and O–H groups in total. The third-order valence-corrected chi connectivity index (χ3v) is 5.95. The van der Waals surface area contributed by atoms with Crippen molar-refractivity contribution in [1.82, 2.24) is 19.3 Å². The Kier molecular flexibility index (Phi) is 4.78. The lowest BCUT2D eigenvalue weighted by atomic mass is 10.00. The van der Waals surface area contributed by atoms with E-state index in [0.717, 1.165) is 37.2 Å². The number of rotatable bonds is 4. The number of nitrogens with one attached hydrogen (secondary N) is 1. The van der Waals surface area contributed by atoms with Gasteiger partial charge < -0.3 is 10.1 Å². The first-order valence-corrected chi connectivity index (χ1v) is 10.3. The predicted molar refractivity (Wildman–Crippen MR) is 114 cm³/mol. The van der Waals surface area contributed by atoms with Crippen LogP contribution >= 0.6 is 0 Å². The van der Waals surface area contributed by atoms with Crippen molar-refractivity contribution in [3.8, 4) is 0 Å². The van der Waals surface area contributed by atoms with Crippen LogP contribution in [0.1, 0.15) is 47.1 Å². The average Bonchev–Trinajstić information content (AvgIpc) is 3.19. The van der Waals surface area contributed by atoms with Crippen molar-refractivity contribution in [2.24, 2.45) is 0 Å². The highest BCUT2D eigenvalue weighted by Crippen LogP contribution is 2.32. The molecule has 31 heavy (non-hydrogen) atoms. The van der Waals surface area contributed by atoms with Crippen molar-refractivity contribution in [2.75, 3.05) is 6.54 Å². The summed E-state index contributed by atoms with van der Waals surface area (Å²) in [7, 11) is 0. The van der Waals surface area contributed by atoms with Gasteiger partial charge in [-0.1, -0.05) is 12.5 Å². The van der Waals surface area contributed by atoms with Gasteiger partial charge in [-0.25, -0.2) is 14.2 Å². The van der Waals surface area contributed by atoms with E-state index in [1.165, 1.54) is 22.6 Å². The SMILES string of the molecule is O=C(O)c1cc(CN2CCCCC2c2nc3ccc(F)cc3[nH]2)c2ccccn2c1=O. The number of pyridine rings is 2. The lowest BCUT2D eigenvalue weighted by Crippen LogP contribution is -2.34. The maximum Gasteiger partial charge on any atom is 0.341 e. The molecule has 0 saturated carbocycles. The number of nitrogens with zero attached hydrogens (tertiary/aromatic N) is 3. The largest absolute Gasteiger partial charge is 0.477 e. The highest BCUT2D eigenvalue weighted by Gasteiger charge is 2.28. The van der Waals surface area contributed by atoms with Crippen LogP contribution in [0, 0.1) is 5.82 Å². The van der Waals surface area contributed by atoms with Gasteiger partial charge in [-0.05, 0) is 61.3 Å². The molecule has 0 aliphatic carbocycles. The molecule has 4 aromatic rings. The van der Waals surface area contributed by atoms with Gasteiger partial charge >= 0.3 is 5.97 Å². The van der Waals surface area contributed by atoms with E-state index in [0.29, 0.717) is 23.1 Å². The van der Waals surface area contributed by atoms with Gasteiger partial charge in [-0.2, -0.15) is 0 Å². The van der Waals surface area contributed by atoms with E-state index >= 15 is 0 Å². The zero-order chi connectivity index (χ0) is 21.5. The maximum atomic E-state index is 13.6. The Balaban J connectivity index is 1.56. The highest BCUT2D eigenvalue weighted by molar-refractivity contribution is 5.88. The Bertz CT molecular complexity index is 1360. The molecule has 8 heteroatoms. The molecule has 1 fully saturated rings. The molecule has 0 bridgehead atoms.